The third kappa shape index (κ3) is 2.75. The van der Waals surface area contributed by atoms with E-state index < -0.39 is 0 Å². The van der Waals surface area contributed by atoms with Crippen LogP contribution in [0.1, 0.15) is 17.2 Å². The van der Waals surface area contributed by atoms with Crippen LogP contribution in [0.5, 0.6) is 0 Å². The Morgan fingerprint density at radius 1 is 1.04 bits per heavy atom. The molecule has 0 bridgehead atoms. The van der Waals surface area contributed by atoms with Crippen molar-refractivity contribution in [1.82, 2.24) is 20.2 Å². The van der Waals surface area contributed by atoms with Gasteiger partial charge in [-0.05, 0) is 51.9 Å². The van der Waals surface area contributed by atoms with Gasteiger partial charge in [0.15, 0.2) is 0 Å². The van der Waals surface area contributed by atoms with E-state index in [1.54, 1.807) is 4.68 Å². The molecule has 7 heteroatoms. The molecule has 2 heterocycles. The minimum absolute atomic E-state index is 0.0694. The first-order valence-electron chi connectivity index (χ1n) is 6.99. The Hall–Kier alpha value is -2.18. The van der Waals surface area contributed by atoms with E-state index in [4.69, 9.17) is 11.6 Å². The van der Waals surface area contributed by atoms with E-state index in [9.17, 15) is 0 Å². The number of fused-ring (bicyclic) bond motifs is 1. The average Bonchev–Trinajstić information content (AvgIpc) is 3.04. The molecule has 1 atom stereocenters. The van der Waals surface area contributed by atoms with Crippen LogP contribution in [-0.2, 0) is 0 Å². The van der Waals surface area contributed by atoms with E-state index in [0.29, 0.717) is 11.0 Å². The van der Waals surface area contributed by atoms with Gasteiger partial charge in [-0.1, -0.05) is 56.9 Å². The topological polar surface area (TPSA) is 55.6 Å². The molecule has 0 spiro atoms. The minimum Gasteiger partial charge on any atom is -0.323 e. The van der Waals surface area contributed by atoms with Gasteiger partial charge in [0.25, 0.3) is 0 Å². The maximum Gasteiger partial charge on any atom is 0.248 e. The van der Waals surface area contributed by atoms with E-state index in [-0.39, 0.29) is 6.04 Å². The summed E-state index contributed by atoms with van der Waals surface area (Å²) in [6, 6.07) is 15.7. The Labute approximate surface area is 146 Å². The molecule has 1 aromatic heterocycles. The summed E-state index contributed by atoms with van der Waals surface area (Å²) < 4.78 is 2.80. The number of halogens is 2. The lowest BCUT2D eigenvalue weighted by molar-refractivity contribution is 0.586. The van der Waals surface area contributed by atoms with E-state index in [1.165, 1.54) is 0 Å². The molecule has 0 fully saturated rings. The summed E-state index contributed by atoms with van der Waals surface area (Å²) in [4.78, 5) is 0. The second kappa shape index (κ2) is 5.79. The highest BCUT2D eigenvalue weighted by atomic mass is 79.9. The molecule has 1 N–H and O–H groups in total. The molecular formula is C16H11BrClN5. The number of hydrogen-bond acceptors (Lipinski definition) is 4. The highest BCUT2D eigenvalue weighted by Crippen LogP contribution is 2.32. The lowest BCUT2D eigenvalue weighted by atomic mass is 10.0. The quantitative estimate of drug-likeness (QED) is 0.717. The predicted molar refractivity (Wildman–Crippen MR) is 93.1 cm³/mol. The van der Waals surface area contributed by atoms with Crippen molar-refractivity contribution >= 4 is 39.2 Å². The average molecular weight is 389 g/mol. The molecule has 0 radical (unpaired) electrons. The molecule has 2 aromatic carbocycles. The minimum atomic E-state index is -0.0694. The SMILES string of the molecule is Clc1ccc(C2=CC(c3ccc(Br)cc3)n3nnnc3N2)cc1. The van der Waals surface area contributed by atoms with Gasteiger partial charge in [-0.25, -0.2) is 0 Å². The molecule has 1 aliphatic rings. The molecule has 4 rings (SSSR count). The zero-order valence-electron chi connectivity index (χ0n) is 11.8. The largest absolute Gasteiger partial charge is 0.323 e. The molecule has 0 aliphatic carbocycles. The van der Waals surface area contributed by atoms with Gasteiger partial charge in [0.05, 0.1) is 0 Å². The summed E-state index contributed by atoms with van der Waals surface area (Å²) in [5.41, 5.74) is 3.09. The molecular weight excluding hydrogens is 378 g/mol. The van der Waals surface area contributed by atoms with Crippen LogP contribution in [0.2, 0.25) is 5.02 Å². The zero-order chi connectivity index (χ0) is 15.8. The molecule has 0 amide bonds. The van der Waals surface area contributed by atoms with Crippen molar-refractivity contribution < 1.29 is 0 Å². The summed E-state index contributed by atoms with van der Waals surface area (Å²) >= 11 is 9.43. The van der Waals surface area contributed by atoms with Crippen LogP contribution in [0.3, 0.4) is 0 Å². The third-order valence-corrected chi connectivity index (χ3v) is 4.47. The van der Waals surface area contributed by atoms with Crippen molar-refractivity contribution in [2.75, 3.05) is 5.32 Å². The lowest BCUT2D eigenvalue weighted by Crippen LogP contribution is -2.20. The lowest BCUT2D eigenvalue weighted by Gasteiger charge is -2.23. The van der Waals surface area contributed by atoms with Crippen LogP contribution in [0.25, 0.3) is 5.70 Å². The molecule has 3 aromatic rings. The van der Waals surface area contributed by atoms with Gasteiger partial charge < -0.3 is 5.32 Å². The number of tetrazole rings is 1. The maximum absolute atomic E-state index is 5.97. The van der Waals surface area contributed by atoms with Gasteiger partial charge in [-0.2, -0.15) is 4.68 Å². The van der Waals surface area contributed by atoms with E-state index in [1.807, 2.05) is 36.4 Å². The summed E-state index contributed by atoms with van der Waals surface area (Å²) in [7, 11) is 0. The van der Waals surface area contributed by atoms with Crippen molar-refractivity contribution in [3.05, 3.63) is 75.2 Å². The molecule has 1 unspecified atom stereocenters. The molecule has 114 valence electrons. The first-order chi connectivity index (χ1) is 11.2. The number of allylic oxidation sites excluding steroid dienone is 1. The number of nitrogens with one attached hydrogen (secondary N) is 1. The summed E-state index contributed by atoms with van der Waals surface area (Å²) in [5.74, 6) is 0.616. The number of rotatable bonds is 2. The number of hydrogen-bond donors (Lipinski definition) is 1. The van der Waals surface area contributed by atoms with Crippen LogP contribution in [0.4, 0.5) is 5.95 Å². The number of aromatic nitrogens is 4. The number of nitrogens with zero attached hydrogens (tertiary/aromatic N) is 4. The highest BCUT2D eigenvalue weighted by Gasteiger charge is 2.24. The monoisotopic (exact) mass is 387 g/mol. The van der Waals surface area contributed by atoms with Gasteiger partial charge in [0, 0.05) is 15.2 Å². The van der Waals surface area contributed by atoms with Crippen LogP contribution >= 0.6 is 27.5 Å². The number of anilines is 1. The predicted octanol–water partition coefficient (Wildman–Crippen LogP) is 4.15. The van der Waals surface area contributed by atoms with Crippen molar-refractivity contribution in [1.29, 1.82) is 0 Å². The van der Waals surface area contributed by atoms with Crippen LogP contribution in [-0.4, -0.2) is 20.2 Å². The van der Waals surface area contributed by atoms with Crippen molar-refractivity contribution in [2.24, 2.45) is 0 Å². The van der Waals surface area contributed by atoms with E-state index in [0.717, 1.165) is 21.3 Å². The second-order valence-electron chi connectivity index (χ2n) is 5.16. The standard InChI is InChI=1S/C16H11BrClN5/c17-12-5-1-11(2-6-12)15-9-14(10-3-7-13(18)8-4-10)19-16-20-21-22-23(15)16/h1-9,15H,(H,19,20,22). The van der Waals surface area contributed by atoms with Gasteiger partial charge in [0.2, 0.25) is 5.95 Å². The third-order valence-electron chi connectivity index (χ3n) is 3.69. The second-order valence-corrected chi connectivity index (χ2v) is 6.51. The summed E-state index contributed by atoms with van der Waals surface area (Å²) in [5, 5.41) is 15.9. The molecule has 23 heavy (non-hydrogen) atoms. The Bertz CT molecular complexity index is 870. The van der Waals surface area contributed by atoms with Crippen LogP contribution < -0.4 is 5.32 Å². The smallest absolute Gasteiger partial charge is 0.248 e. The molecule has 0 saturated carbocycles. The van der Waals surface area contributed by atoms with Crippen LogP contribution in [0, 0.1) is 0 Å². The highest BCUT2D eigenvalue weighted by molar-refractivity contribution is 9.10. The van der Waals surface area contributed by atoms with Crippen LogP contribution in [0.15, 0.2) is 59.1 Å². The maximum atomic E-state index is 5.97. The Morgan fingerprint density at radius 3 is 2.52 bits per heavy atom. The number of benzene rings is 2. The summed E-state index contributed by atoms with van der Waals surface area (Å²) in [6.07, 6.45) is 2.11. The Balaban J connectivity index is 1.79. The van der Waals surface area contributed by atoms with Gasteiger partial charge in [0.1, 0.15) is 6.04 Å². The normalized spacial score (nSPS) is 16.4. The fraction of sp³-hybridized carbons (Fsp3) is 0.0625. The fourth-order valence-corrected chi connectivity index (χ4v) is 2.94. The van der Waals surface area contributed by atoms with E-state index >= 15 is 0 Å². The first-order valence-corrected chi connectivity index (χ1v) is 8.16. The first kappa shape index (κ1) is 14.4. The van der Waals surface area contributed by atoms with Gasteiger partial charge in [-0.3, -0.25) is 0 Å². The van der Waals surface area contributed by atoms with Gasteiger partial charge in [-0.15, -0.1) is 0 Å². The Kier molecular flexibility index (Phi) is 3.63. The molecule has 5 nitrogen and oxygen atoms in total. The van der Waals surface area contributed by atoms with Crippen molar-refractivity contribution in [2.45, 2.75) is 6.04 Å². The Morgan fingerprint density at radius 2 is 1.78 bits per heavy atom. The van der Waals surface area contributed by atoms with E-state index in [2.05, 4.69) is 55.0 Å². The molecule has 0 saturated heterocycles. The van der Waals surface area contributed by atoms with Crippen molar-refractivity contribution in [3.8, 4) is 0 Å². The zero-order valence-corrected chi connectivity index (χ0v) is 14.2. The summed E-state index contributed by atoms with van der Waals surface area (Å²) in [6.45, 7) is 0. The van der Waals surface area contributed by atoms with Crippen molar-refractivity contribution in [3.63, 3.8) is 0 Å². The molecule has 1 aliphatic heterocycles. The fourth-order valence-electron chi connectivity index (χ4n) is 2.55. The van der Waals surface area contributed by atoms with Gasteiger partial charge >= 0.3 is 0 Å².